The molecule has 0 fully saturated rings. The number of methoxy groups -OCH3 is 1. The summed E-state index contributed by atoms with van der Waals surface area (Å²) in [5.41, 5.74) is 1.83. The Kier molecular flexibility index (Phi) is 4.99. The lowest BCUT2D eigenvalue weighted by Crippen LogP contribution is -2.16. The van der Waals surface area contributed by atoms with E-state index >= 15 is 0 Å². The van der Waals surface area contributed by atoms with Gasteiger partial charge in [0.25, 0.3) is 0 Å². The fourth-order valence-electron chi connectivity index (χ4n) is 2.47. The Morgan fingerprint density at radius 3 is 2.48 bits per heavy atom. The molecular weight excluding hydrogens is 332 g/mol. The number of ether oxygens (including phenoxy) is 1. The average Bonchev–Trinajstić information content (AvgIpc) is 3.09. The number of nitrogens with one attached hydrogen (secondary N) is 1. The van der Waals surface area contributed by atoms with Gasteiger partial charge in [0.15, 0.2) is 0 Å². The molecule has 0 aliphatic carbocycles. The second kappa shape index (κ2) is 7.19. The smallest absolute Gasteiger partial charge is 0.203 e. The van der Waals surface area contributed by atoms with Crippen molar-refractivity contribution in [3.63, 3.8) is 0 Å². The third kappa shape index (κ3) is 3.96. The van der Waals surface area contributed by atoms with Crippen molar-refractivity contribution in [2.24, 2.45) is 0 Å². The third-order valence-corrected chi connectivity index (χ3v) is 4.44. The van der Waals surface area contributed by atoms with Crippen molar-refractivity contribution >= 4 is 16.7 Å². The molecule has 0 aliphatic heterocycles. The van der Waals surface area contributed by atoms with E-state index in [-0.39, 0.29) is 11.5 Å². The molecular formula is C19H22N4OS. The van der Waals surface area contributed by atoms with Crippen LogP contribution in [0.25, 0.3) is 0 Å². The normalized spacial score (nSPS) is 12.6. The number of nitrogens with zero attached hydrogens (tertiary/aromatic N) is 3. The van der Waals surface area contributed by atoms with E-state index in [0.717, 1.165) is 28.0 Å². The molecule has 5 nitrogen and oxygen atoms in total. The van der Waals surface area contributed by atoms with Crippen molar-refractivity contribution in [3.05, 3.63) is 65.7 Å². The van der Waals surface area contributed by atoms with Crippen molar-refractivity contribution in [3.8, 4) is 5.75 Å². The van der Waals surface area contributed by atoms with Crippen LogP contribution < -0.4 is 10.1 Å². The van der Waals surface area contributed by atoms with Gasteiger partial charge in [-0.05, 0) is 18.2 Å². The van der Waals surface area contributed by atoms with Gasteiger partial charge in [0.2, 0.25) is 5.13 Å². The summed E-state index contributed by atoms with van der Waals surface area (Å²) >= 11 is 1.37. The predicted molar refractivity (Wildman–Crippen MR) is 101 cm³/mol. The van der Waals surface area contributed by atoms with Gasteiger partial charge in [-0.1, -0.05) is 45.0 Å². The molecule has 1 aromatic carbocycles. The van der Waals surface area contributed by atoms with E-state index in [9.17, 15) is 0 Å². The fourth-order valence-corrected chi connectivity index (χ4v) is 3.26. The first-order valence-electron chi connectivity index (χ1n) is 8.13. The predicted octanol–water partition coefficient (Wildman–Crippen LogP) is 4.44. The molecule has 0 bridgehead atoms. The summed E-state index contributed by atoms with van der Waals surface area (Å²) in [4.78, 5) is 9.18. The fraction of sp³-hybridized carbons (Fsp3) is 0.316. The van der Waals surface area contributed by atoms with Gasteiger partial charge in [-0.2, -0.15) is 4.37 Å². The van der Waals surface area contributed by atoms with Gasteiger partial charge in [0.05, 0.1) is 18.8 Å². The minimum absolute atomic E-state index is 0.0820. The molecule has 0 saturated carbocycles. The molecule has 6 heteroatoms. The highest BCUT2D eigenvalue weighted by Gasteiger charge is 2.23. The molecule has 0 aliphatic rings. The maximum atomic E-state index is 5.54. The zero-order valence-corrected chi connectivity index (χ0v) is 15.7. The number of aromatic nitrogens is 3. The first kappa shape index (κ1) is 17.4. The van der Waals surface area contributed by atoms with E-state index < -0.39 is 0 Å². The summed E-state index contributed by atoms with van der Waals surface area (Å²) in [6.07, 6.45) is 1.79. The Hall–Kier alpha value is -2.47. The van der Waals surface area contributed by atoms with Gasteiger partial charge in [-0.25, -0.2) is 4.98 Å². The minimum atomic E-state index is -0.168. The number of pyridine rings is 1. The van der Waals surface area contributed by atoms with Gasteiger partial charge >= 0.3 is 0 Å². The molecule has 3 aromatic rings. The first-order valence-corrected chi connectivity index (χ1v) is 8.91. The summed E-state index contributed by atoms with van der Waals surface area (Å²) in [7, 11) is 1.68. The number of hydrogen-bond acceptors (Lipinski definition) is 6. The number of anilines is 1. The van der Waals surface area contributed by atoms with Crippen molar-refractivity contribution in [2.45, 2.75) is 32.2 Å². The lowest BCUT2D eigenvalue weighted by Gasteiger charge is -2.20. The van der Waals surface area contributed by atoms with Crippen LogP contribution >= 0.6 is 11.5 Å². The molecule has 25 heavy (non-hydrogen) atoms. The molecule has 1 unspecified atom stereocenters. The van der Waals surface area contributed by atoms with Gasteiger partial charge < -0.3 is 10.1 Å². The van der Waals surface area contributed by atoms with E-state index in [0.29, 0.717) is 0 Å². The molecule has 0 spiro atoms. The van der Waals surface area contributed by atoms with Crippen LogP contribution in [0.5, 0.6) is 5.75 Å². The van der Waals surface area contributed by atoms with Crippen LogP contribution in [0.4, 0.5) is 5.13 Å². The van der Waals surface area contributed by atoms with Gasteiger partial charge in [-0.3, -0.25) is 4.98 Å². The van der Waals surface area contributed by atoms with Crippen LogP contribution in [0.15, 0.2) is 48.7 Å². The van der Waals surface area contributed by atoms with Gasteiger partial charge in [0, 0.05) is 28.7 Å². The second-order valence-corrected chi connectivity index (χ2v) is 7.50. The standard InChI is InChI=1S/C19H22N4OS/c1-19(2,3)17-22-18(25-23-17)21-16(14-10-7-8-12-20-14)13-9-5-6-11-15(13)24-4/h5-12,16H,1-4H3,(H,21,22,23). The number of para-hydroxylation sites is 1. The number of rotatable bonds is 5. The first-order chi connectivity index (χ1) is 12.0. The molecule has 1 atom stereocenters. The molecule has 0 amide bonds. The largest absolute Gasteiger partial charge is 0.496 e. The maximum Gasteiger partial charge on any atom is 0.203 e. The van der Waals surface area contributed by atoms with Crippen LogP contribution in [0.2, 0.25) is 0 Å². The SMILES string of the molecule is COc1ccccc1C(Nc1nc(C(C)(C)C)ns1)c1ccccn1. The minimum Gasteiger partial charge on any atom is -0.496 e. The molecule has 2 aromatic heterocycles. The van der Waals surface area contributed by atoms with Crippen LogP contribution in [0.3, 0.4) is 0 Å². The quantitative estimate of drug-likeness (QED) is 0.734. The van der Waals surface area contributed by atoms with Crippen LogP contribution in [0, 0.1) is 0 Å². The van der Waals surface area contributed by atoms with E-state index in [1.165, 1.54) is 11.5 Å². The van der Waals surface area contributed by atoms with E-state index in [4.69, 9.17) is 4.74 Å². The van der Waals surface area contributed by atoms with Crippen LogP contribution in [-0.2, 0) is 5.41 Å². The van der Waals surface area contributed by atoms with Crippen molar-refractivity contribution in [1.82, 2.24) is 14.3 Å². The highest BCUT2D eigenvalue weighted by molar-refractivity contribution is 7.09. The number of hydrogen-bond donors (Lipinski definition) is 1. The molecule has 0 radical (unpaired) electrons. The Morgan fingerprint density at radius 1 is 1.08 bits per heavy atom. The molecule has 2 heterocycles. The summed E-state index contributed by atoms with van der Waals surface area (Å²) in [5.74, 6) is 1.64. The Bertz CT molecular complexity index is 827. The lowest BCUT2D eigenvalue weighted by molar-refractivity contribution is 0.408. The second-order valence-electron chi connectivity index (χ2n) is 6.75. The maximum absolute atomic E-state index is 5.54. The highest BCUT2D eigenvalue weighted by atomic mass is 32.1. The van der Waals surface area contributed by atoms with Gasteiger partial charge in [0.1, 0.15) is 11.6 Å². The average molecular weight is 354 g/mol. The lowest BCUT2D eigenvalue weighted by atomic mass is 9.96. The Morgan fingerprint density at radius 2 is 1.84 bits per heavy atom. The van der Waals surface area contributed by atoms with Crippen LogP contribution in [0.1, 0.15) is 43.9 Å². The zero-order chi connectivity index (χ0) is 17.9. The topological polar surface area (TPSA) is 59.9 Å². The van der Waals surface area contributed by atoms with E-state index in [1.54, 1.807) is 13.3 Å². The highest BCUT2D eigenvalue weighted by Crippen LogP contribution is 2.33. The van der Waals surface area contributed by atoms with Gasteiger partial charge in [-0.15, -0.1) is 0 Å². The van der Waals surface area contributed by atoms with Crippen molar-refractivity contribution in [1.29, 1.82) is 0 Å². The monoisotopic (exact) mass is 354 g/mol. The Labute approximate surface area is 152 Å². The van der Waals surface area contributed by atoms with E-state index in [2.05, 4.69) is 40.4 Å². The van der Waals surface area contributed by atoms with E-state index in [1.807, 2.05) is 42.5 Å². The summed E-state index contributed by atoms with van der Waals surface area (Å²) in [5, 5.41) is 4.25. The van der Waals surface area contributed by atoms with Crippen molar-refractivity contribution < 1.29 is 4.74 Å². The van der Waals surface area contributed by atoms with Crippen LogP contribution in [-0.4, -0.2) is 21.5 Å². The molecule has 0 saturated heterocycles. The molecule has 130 valence electrons. The summed E-state index contributed by atoms with van der Waals surface area (Å²) in [6, 6.07) is 13.7. The molecule has 3 rings (SSSR count). The molecule has 1 N–H and O–H groups in total. The third-order valence-electron chi connectivity index (χ3n) is 3.80. The number of benzene rings is 1. The summed E-state index contributed by atoms with van der Waals surface area (Å²) in [6.45, 7) is 6.32. The zero-order valence-electron chi connectivity index (χ0n) is 14.9. The summed E-state index contributed by atoms with van der Waals surface area (Å²) < 4.78 is 10.0. The van der Waals surface area contributed by atoms with Crippen molar-refractivity contribution in [2.75, 3.05) is 12.4 Å². The Balaban J connectivity index is 1.99.